The zero-order valence-corrected chi connectivity index (χ0v) is 41.8. The van der Waals surface area contributed by atoms with E-state index in [1.54, 1.807) is 12.1 Å². The number of aryl methyl sites for hydroxylation is 2. The van der Waals surface area contributed by atoms with Crippen molar-refractivity contribution < 1.29 is 9.53 Å². The molecule has 0 N–H and O–H groups in total. The number of ether oxygens (including phenoxy) is 1. The van der Waals surface area contributed by atoms with Crippen LogP contribution in [0, 0.1) is 55.3 Å². The molecule has 0 aliphatic heterocycles. The van der Waals surface area contributed by atoms with Gasteiger partial charge in [-0.1, -0.05) is 174 Å². The maximum atomic E-state index is 12.5. The van der Waals surface area contributed by atoms with Gasteiger partial charge in [0.2, 0.25) is 0 Å². The quantitative estimate of drug-likeness (QED) is 0.0819. The highest BCUT2D eigenvalue weighted by molar-refractivity contribution is 5.98. The van der Waals surface area contributed by atoms with Gasteiger partial charge in [0.1, 0.15) is 0 Å². The number of carbonyl (C=O) groups is 1. The highest BCUT2D eigenvalue weighted by atomic mass is 16.5. The maximum absolute atomic E-state index is 12.5. The average molecular weight is 919 g/mol. The summed E-state index contributed by atoms with van der Waals surface area (Å²) in [7, 11) is 0. The second kappa shape index (κ2) is 21.4. The van der Waals surface area contributed by atoms with Crippen LogP contribution in [-0.4, -0.2) is 12.6 Å². The van der Waals surface area contributed by atoms with E-state index >= 15 is 0 Å². The lowest BCUT2D eigenvalue weighted by atomic mass is 9.84. The van der Waals surface area contributed by atoms with E-state index in [0.717, 1.165) is 102 Å². The van der Waals surface area contributed by atoms with Gasteiger partial charge in [0.15, 0.2) is 0 Å². The minimum Gasteiger partial charge on any atom is -0.462 e. The van der Waals surface area contributed by atoms with Gasteiger partial charge >= 0.3 is 5.97 Å². The Balaban J connectivity index is 1.18. The van der Waals surface area contributed by atoms with Crippen LogP contribution in [0.3, 0.4) is 0 Å². The van der Waals surface area contributed by atoms with Crippen LogP contribution in [0.25, 0.3) is 44.5 Å². The molecule has 8 aromatic carbocycles. The lowest BCUT2D eigenvalue weighted by Crippen LogP contribution is -2.11. The van der Waals surface area contributed by atoms with E-state index < -0.39 is 0 Å². The number of esters is 1. The lowest BCUT2D eigenvalue weighted by Gasteiger charge is -2.20. The van der Waals surface area contributed by atoms with E-state index in [0.29, 0.717) is 12.2 Å². The van der Waals surface area contributed by atoms with Gasteiger partial charge in [-0.05, 0) is 177 Å². The molecule has 8 aromatic rings. The van der Waals surface area contributed by atoms with E-state index in [4.69, 9.17) is 17.6 Å². The lowest BCUT2D eigenvalue weighted by molar-refractivity contribution is 0.0500. The van der Waals surface area contributed by atoms with Crippen LogP contribution >= 0.6 is 0 Å². The first-order valence-electron chi connectivity index (χ1n) is 24.2. The van der Waals surface area contributed by atoms with Gasteiger partial charge in [-0.25, -0.2) is 4.79 Å². The highest BCUT2D eigenvalue weighted by Gasteiger charge is 2.19. The van der Waals surface area contributed by atoms with Gasteiger partial charge in [0, 0.05) is 33.4 Å². The molecule has 0 spiro atoms. The Morgan fingerprint density at radius 3 is 1.37 bits per heavy atom. The summed E-state index contributed by atoms with van der Waals surface area (Å²) in [4.78, 5) is 12.5. The van der Waals surface area contributed by atoms with Crippen molar-refractivity contribution in [2.75, 3.05) is 6.61 Å². The molecule has 2 heteroatoms. The van der Waals surface area contributed by atoms with Crippen LogP contribution in [0.5, 0.6) is 0 Å². The molecule has 0 aliphatic rings. The molecular weight excluding hydrogens is 861 g/mol. The van der Waals surface area contributed by atoms with Crippen LogP contribution in [0.4, 0.5) is 0 Å². The van der Waals surface area contributed by atoms with Crippen LogP contribution in [-0.2, 0) is 22.0 Å². The summed E-state index contributed by atoms with van der Waals surface area (Å²) >= 11 is 0. The third kappa shape index (κ3) is 12.4. The second-order valence-corrected chi connectivity index (χ2v) is 20.2. The predicted octanol–water partition coefficient (Wildman–Crippen LogP) is 15.8. The molecule has 0 aliphatic carbocycles. The summed E-state index contributed by atoms with van der Waals surface area (Å²) in [5.74, 6) is 18.9. The molecule has 0 amide bonds. The molecule has 8 rings (SSSR count). The summed E-state index contributed by atoms with van der Waals surface area (Å²) < 4.78 is 5.57. The Labute approximate surface area is 422 Å². The first-order chi connectivity index (χ1) is 34.1. The fraction of sp³-hybridized carbons (Fsp3) is 0.174. The monoisotopic (exact) mass is 918 g/mol. The first-order valence-corrected chi connectivity index (χ1v) is 24.2. The number of carbonyl (C=O) groups excluding carboxylic acids is 1. The summed E-state index contributed by atoms with van der Waals surface area (Å²) in [6.07, 6.45) is 13.2. The van der Waals surface area contributed by atoms with Crippen molar-refractivity contribution in [1.29, 1.82) is 0 Å². The fourth-order valence-corrected chi connectivity index (χ4v) is 8.45. The van der Waals surface area contributed by atoms with Gasteiger partial charge in [-0.15, -0.1) is 12.8 Å². The summed E-state index contributed by atoms with van der Waals surface area (Å²) in [5, 5.41) is 0. The Morgan fingerprint density at radius 2 is 0.901 bits per heavy atom. The topological polar surface area (TPSA) is 26.3 Å². The van der Waals surface area contributed by atoms with Crippen LogP contribution in [0.15, 0.2) is 176 Å². The minimum absolute atomic E-state index is 0.0564. The van der Waals surface area contributed by atoms with Crippen molar-refractivity contribution in [2.24, 2.45) is 0 Å². The van der Waals surface area contributed by atoms with Crippen molar-refractivity contribution in [1.82, 2.24) is 0 Å². The Bertz CT molecular complexity index is 3270. The minimum atomic E-state index is -0.297. The zero-order valence-electron chi connectivity index (χ0n) is 41.8. The molecule has 0 unspecified atom stereocenters. The second-order valence-electron chi connectivity index (χ2n) is 20.2. The number of benzene rings is 8. The SMILES string of the molecule is C#Cc1cc(C#Cc2ccc(-c3cc(-c4ccc(CCCOC(=O)c5ccccc5)cc4)cc(-c4ccc(C#Cc5cc(C#C)cc(C(C)(C)C)c5)cc4)c3-c3ccc(C)cc3)cc2)cc(C(C)(C)C)c1. The van der Waals surface area contributed by atoms with Gasteiger partial charge in [0.25, 0.3) is 0 Å². The van der Waals surface area contributed by atoms with E-state index in [-0.39, 0.29) is 16.8 Å². The largest absolute Gasteiger partial charge is 0.462 e. The van der Waals surface area contributed by atoms with Gasteiger partial charge in [-0.3, -0.25) is 0 Å². The molecule has 0 atom stereocenters. The molecule has 0 radical (unpaired) electrons. The smallest absolute Gasteiger partial charge is 0.338 e. The molecular formula is C69H58O2. The molecule has 346 valence electrons. The van der Waals surface area contributed by atoms with Crippen LogP contribution in [0.1, 0.15) is 114 Å². The van der Waals surface area contributed by atoms with Crippen molar-refractivity contribution >= 4 is 5.97 Å². The van der Waals surface area contributed by atoms with Crippen molar-refractivity contribution in [3.8, 4) is 92.9 Å². The molecule has 0 fully saturated rings. The van der Waals surface area contributed by atoms with Crippen LogP contribution < -0.4 is 0 Å². The molecule has 2 nitrogen and oxygen atoms in total. The maximum Gasteiger partial charge on any atom is 0.338 e. The normalized spacial score (nSPS) is 11.0. The van der Waals surface area contributed by atoms with Crippen LogP contribution in [0.2, 0.25) is 0 Å². The number of hydrogen-bond acceptors (Lipinski definition) is 2. The summed E-state index contributed by atoms with van der Waals surface area (Å²) in [6, 6.07) is 60.8. The molecule has 0 aromatic heterocycles. The molecule has 0 saturated heterocycles. The average Bonchev–Trinajstić information content (AvgIpc) is 3.38. The van der Waals surface area contributed by atoms with Crippen molar-refractivity contribution in [3.63, 3.8) is 0 Å². The molecule has 0 heterocycles. The highest BCUT2D eigenvalue weighted by Crippen LogP contribution is 2.44. The van der Waals surface area contributed by atoms with Crippen molar-refractivity contribution in [2.45, 2.75) is 72.1 Å². The summed E-state index contributed by atoms with van der Waals surface area (Å²) in [5.41, 5.74) is 19.2. The van der Waals surface area contributed by atoms with Gasteiger partial charge < -0.3 is 4.74 Å². The zero-order chi connectivity index (χ0) is 50.1. The molecule has 0 bridgehead atoms. The van der Waals surface area contributed by atoms with E-state index in [1.807, 2.05) is 30.3 Å². The summed E-state index contributed by atoms with van der Waals surface area (Å²) in [6.45, 7) is 15.6. The first kappa shape index (κ1) is 48.9. The van der Waals surface area contributed by atoms with Gasteiger partial charge in [-0.2, -0.15) is 0 Å². The van der Waals surface area contributed by atoms with E-state index in [2.05, 4.69) is 217 Å². The Kier molecular flexibility index (Phi) is 14.7. The standard InChI is InChI=1S/C69H58O2/c1-10-49-40-54(44-62(42-49)68(4,5)6)23-21-52-27-35-57(36-28-52)64-46-61(56-33-25-51(26-34-56)16-15-39-71-67(70)60-17-13-12-14-18-60)47-65(66(64)59-31-19-48(3)20-32-59)58-37-29-53(30-38-58)22-24-55-41-50(11-2)43-63(45-55)69(7,8)9/h1-2,12-14,17-20,25-38,40-47H,15-16,39H2,3-9H3. The van der Waals surface area contributed by atoms with Crippen molar-refractivity contribution in [3.05, 3.63) is 237 Å². The predicted molar refractivity (Wildman–Crippen MR) is 296 cm³/mol. The van der Waals surface area contributed by atoms with E-state index in [9.17, 15) is 4.79 Å². The number of terminal acetylenes is 2. The third-order valence-corrected chi connectivity index (χ3v) is 12.6. The number of rotatable bonds is 9. The molecule has 71 heavy (non-hydrogen) atoms. The number of hydrogen-bond donors (Lipinski definition) is 0. The molecule has 0 saturated carbocycles. The Morgan fingerprint density at radius 1 is 0.465 bits per heavy atom. The fourth-order valence-electron chi connectivity index (χ4n) is 8.45. The van der Waals surface area contributed by atoms with Gasteiger partial charge in [0.05, 0.1) is 12.2 Å². The third-order valence-electron chi connectivity index (χ3n) is 12.6. The van der Waals surface area contributed by atoms with E-state index in [1.165, 1.54) is 11.1 Å². The Hall–Kier alpha value is -8.53.